The van der Waals surface area contributed by atoms with E-state index in [9.17, 15) is 20.0 Å². The van der Waals surface area contributed by atoms with E-state index >= 15 is 0 Å². The molecule has 0 saturated carbocycles. The van der Waals surface area contributed by atoms with Gasteiger partial charge in [-0.05, 0) is 31.7 Å². The van der Waals surface area contributed by atoms with Crippen molar-refractivity contribution >= 4 is 23.3 Å². The van der Waals surface area contributed by atoms with Crippen LogP contribution in [0.25, 0.3) is 0 Å². The summed E-state index contributed by atoms with van der Waals surface area (Å²) in [5.41, 5.74) is 0.766. The molecule has 1 rings (SSSR count). The molecule has 1 aromatic carbocycles. The summed E-state index contributed by atoms with van der Waals surface area (Å²) in [6.45, 7) is 1.49. The van der Waals surface area contributed by atoms with Crippen molar-refractivity contribution in [2.75, 3.05) is 6.54 Å². The van der Waals surface area contributed by atoms with Gasteiger partial charge in [-0.3, -0.25) is 10.1 Å². The smallest absolute Gasteiger partial charge is 0.288 e. The van der Waals surface area contributed by atoms with Crippen LogP contribution >= 0.6 is 11.6 Å². The maximum atomic E-state index is 10.7. The second kappa shape index (κ2) is 8.50. The summed E-state index contributed by atoms with van der Waals surface area (Å²) < 4.78 is 0. The molecule has 0 aromatic heterocycles. The topological polar surface area (TPSA) is 99.9 Å². The van der Waals surface area contributed by atoms with Crippen LogP contribution in [0.4, 0.5) is 5.69 Å². The summed E-state index contributed by atoms with van der Waals surface area (Å²) in [6, 6.07) is 4.78. The molecule has 0 bridgehead atoms. The Morgan fingerprint density at radius 1 is 1.30 bits per heavy atom. The van der Waals surface area contributed by atoms with Gasteiger partial charge in [-0.25, -0.2) is 0 Å². The molecule has 20 heavy (non-hydrogen) atoms. The number of nitro groups is 1. The van der Waals surface area contributed by atoms with Gasteiger partial charge in [-0.1, -0.05) is 17.7 Å². The fraction of sp³-hybridized carbons (Fsp3) is 0.462. The number of carbonyl (C=O) groups is 1. The predicted molar refractivity (Wildman–Crippen MR) is 72.1 cm³/mol. The molecule has 0 fully saturated rings. The maximum Gasteiger partial charge on any atom is 0.288 e. The second-order valence-electron chi connectivity index (χ2n) is 4.51. The maximum absolute atomic E-state index is 10.7. The van der Waals surface area contributed by atoms with Gasteiger partial charge in [0.2, 0.25) is 0 Å². The summed E-state index contributed by atoms with van der Waals surface area (Å²) in [5.74, 6) is -1.01. The van der Waals surface area contributed by atoms with Crippen LogP contribution in [0.1, 0.15) is 31.2 Å². The Kier molecular flexibility index (Phi) is 6.97. The van der Waals surface area contributed by atoms with E-state index in [1.165, 1.54) is 12.1 Å². The molecule has 1 aromatic rings. The van der Waals surface area contributed by atoms with Crippen molar-refractivity contribution in [2.24, 2.45) is 0 Å². The van der Waals surface area contributed by atoms with E-state index in [1.807, 2.05) is 5.32 Å². The van der Waals surface area contributed by atoms with Gasteiger partial charge >= 0.3 is 0 Å². The van der Waals surface area contributed by atoms with Crippen molar-refractivity contribution in [2.45, 2.75) is 32.2 Å². The number of carboxylic acid groups (broad SMARTS) is 1. The molecule has 110 valence electrons. The lowest BCUT2D eigenvalue weighted by molar-refractivity contribution is -0.671. The average Bonchev–Trinajstić information content (AvgIpc) is 2.38. The third-order valence-corrected chi connectivity index (χ3v) is 3.20. The fourth-order valence-electron chi connectivity index (χ4n) is 1.83. The highest BCUT2D eigenvalue weighted by atomic mass is 35.5. The first kappa shape index (κ1) is 16.4. The van der Waals surface area contributed by atoms with E-state index in [-0.39, 0.29) is 17.1 Å². The molecule has 0 aliphatic rings. The van der Waals surface area contributed by atoms with Crippen molar-refractivity contribution in [1.82, 2.24) is 0 Å². The van der Waals surface area contributed by atoms with Gasteiger partial charge in [0, 0.05) is 17.6 Å². The molecule has 0 heterocycles. The highest BCUT2D eigenvalue weighted by Crippen LogP contribution is 2.24. The number of carboxylic acids is 1. The minimum Gasteiger partial charge on any atom is -0.550 e. The molecular weight excluding hydrogens is 284 g/mol. The average molecular weight is 301 g/mol. The van der Waals surface area contributed by atoms with Gasteiger partial charge in [-0.15, -0.1) is 0 Å². The van der Waals surface area contributed by atoms with Gasteiger partial charge in [0.05, 0.1) is 11.5 Å². The fourth-order valence-corrected chi connectivity index (χ4v) is 2.02. The standard InChI is InChI=1S/C13H17ClN2O4/c14-11-6-5-10(8-12(11)16(19)20)9-15-7-3-1-2-4-13(17)18/h5-6,8,15H,1-4,7,9H2,(H,17,18). The van der Waals surface area contributed by atoms with Crippen LogP contribution in [0, 0.1) is 10.1 Å². The highest BCUT2D eigenvalue weighted by Gasteiger charge is 2.12. The molecule has 0 aliphatic carbocycles. The molecule has 0 saturated heterocycles. The van der Waals surface area contributed by atoms with Crippen molar-refractivity contribution in [1.29, 1.82) is 0 Å². The van der Waals surface area contributed by atoms with Crippen LogP contribution in [0.5, 0.6) is 0 Å². The van der Waals surface area contributed by atoms with Crippen molar-refractivity contribution < 1.29 is 20.1 Å². The number of nitrogens with two attached hydrogens (primary N) is 1. The summed E-state index contributed by atoms with van der Waals surface area (Å²) in [7, 11) is 0. The minimum absolute atomic E-state index is 0.0773. The van der Waals surface area contributed by atoms with Crippen LogP contribution in [-0.4, -0.2) is 17.4 Å². The molecular formula is C13H17ClN2O4. The van der Waals surface area contributed by atoms with Gasteiger partial charge in [0.25, 0.3) is 5.69 Å². The number of nitro benzene ring substituents is 1. The van der Waals surface area contributed by atoms with Gasteiger partial charge in [-0.2, -0.15) is 0 Å². The number of hydrogen-bond donors (Lipinski definition) is 1. The zero-order chi connectivity index (χ0) is 15.0. The van der Waals surface area contributed by atoms with Crippen molar-refractivity contribution in [3.05, 3.63) is 38.9 Å². The Hall–Kier alpha value is -1.66. The summed E-state index contributed by atoms with van der Waals surface area (Å²) in [5, 5.41) is 23.1. The monoisotopic (exact) mass is 300 g/mol. The molecule has 0 spiro atoms. The van der Waals surface area contributed by atoms with Crippen molar-refractivity contribution in [3.63, 3.8) is 0 Å². The number of halogens is 1. The highest BCUT2D eigenvalue weighted by molar-refractivity contribution is 6.32. The number of unbranched alkanes of at least 4 members (excludes halogenated alkanes) is 2. The van der Waals surface area contributed by atoms with Crippen LogP contribution in [-0.2, 0) is 11.3 Å². The van der Waals surface area contributed by atoms with Crippen molar-refractivity contribution in [3.8, 4) is 0 Å². The first-order chi connectivity index (χ1) is 9.50. The molecule has 7 heteroatoms. The second-order valence-corrected chi connectivity index (χ2v) is 4.91. The SMILES string of the molecule is O=C([O-])CCCCC[NH2+]Cc1ccc(Cl)c([N+](=O)[O-])c1. The first-order valence-electron chi connectivity index (χ1n) is 6.45. The van der Waals surface area contributed by atoms with Crippen LogP contribution in [0.2, 0.25) is 5.02 Å². The van der Waals surface area contributed by atoms with Gasteiger partial charge in [0.1, 0.15) is 11.6 Å². The largest absolute Gasteiger partial charge is 0.550 e. The quantitative estimate of drug-likeness (QED) is 0.410. The lowest BCUT2D eigenvalue weighted by Crippen LogP contribution is -2.82. The summed E-state index contributed by atoms with van der Waals surface area (Å²) in [4.78, 5) is 20.4. The Morgan fingerprint density at radius 2 is 2.05 bits per heavy atom. The third kappa shape index (κ3) is 5.99. The summed E-state index contributed by atoms with van der Waals surface area (Å²) in [6.07, 6.45) is 2.47. The lowest BCUT2D eigenvalue weighted by Gasteiger charge is -2.04. The minimum atomic E-state index is -1.01. The van der Waals surface area contributed by atoms with Crippen LogP contribution in [0.15, 0.2) is 18.2 Å². The molecule has 0 unspecified atom stereocenters. The molecule has 0 atom stereocenters. The van der Waals surface area contributed by atoms with Gasteiger partial charge in [0.15, 0.2) is 0 Å². The van der Waals surface area contributed by atoms with E-state index in [0.29, 0.717) is 13.0 Å². The number of rotatable bonds is 9. The molecule has 6 nitrogen and oxygen atoms in total. The Morgan fingerprint density at radius 3 is 2.70 bits per heavy atom. The van der Waals surface area contributed by atoms with E-state index in [0.717, 1.165) is 24.9 Å². The van der Waals surface area contributed by atoms with E-state index < -0.39 is 10.9 Å². The van der Waals surface area contributed by atoms with Crippen LogP contribution < -0.4 is 10.4 Å². The summed E-state index contributed by atoms with van der Waals surface area (Å²) >= 11 is 5.73. The number of quaternary nitrogens is 1. The Bertz CT molecular complexity index is 479. The number of nitrogens with zero attached hydrogens (tertiary/aromatic N) is 1. The van der Waals surface area contributed by atoms with E-state index in [4.69, 9.17) is 11.6 Å². The number of aliphatic carboxylic acids is 1. The van der Waals surface area contributed by atoms with Gasteiger partial charge < -0.3 is 15.2 Å². The number of carbonyl (C=O) groups excluding carboxylic acids is 1. The lowest BCUT2D eigenvalue weighted by atomic mass is 10.2. The molecule has 2 N–H and O–H groups in total. The normalized spacial score (nSPS) is 10.4. The van der Waals surface area contributed by atoms with E-state index in [2.05, 4.69) is 0 Å². The Balaban J connectivity index is 2.27. The van der Waals surface area contributed by atoms with E-state index in [1.54, 1.807) is 6.07 Å². The molecule has 0 amide bonds. The molecule has 0 aliphatic heterocycles. The zero-order valence-corrected chi connectivity index (χ0v) is 11.8. The molecule has 0 radical (unpaired) electrons. The number of benzene rings is 1. The number of hydrogen-bond acceptors (Lipinski definition) is 4. The Labute approximate surface area is 121 Å². The third-order valence-electron chi connectivity index (χ3n) is 2.88. The van der Waals surface area contributed by atoms with Crippen LogP contribution in [0.3, 0.4) is 0 Å². The predicted octanol–water partition coefficient (Wildman–Crippen LogP) is 0.622. The zero-order valence-electron chi connectivity index (χ0n) is 11.0. The first-order valence-corrected chi connectivity index (χ1v) is 6.83.